The van der Waals surface area contributed by atoms with Gasteiger partial charge in [-0.25, -0.2) is 9.07 Å². The molecule has 7 nitrogen and oxygen atoms in total. The number of halogens is 1. The predicted molar refractivity (Wildman–Crippen MR) is 85.8 cm³/mol. The number of aromatic nitrogens is 4. The Labute approximate surface area is 139 Å². The Hall–Kier alpha value is -2.35. The predicted octanol–water partition coefficient (Wildman–Crippen LogP) is 2.57. The van der Waals surface area contributed by atoms with E-state index >= 15 is 0 Å². The molecule has 1 aromatic heterocycles. The minimum Gasteiger partial charge on any atom is -0.365 e. The van der Waals surface area contributed by atoms with E-state index in [-0.39, 0.29) is 23.6 Å². The van der Waals surface area contributed by atoms with Gasteiger partial charge in [-0.3, -0.25) is 4.79 Å². The Bertz CT molecular complexity index is 746. The summed E-state index contributed by atoms with van der Waals surface area (Å²) >= 11 is 0. The highest BCUT2D eigenvalue weighted by Gasteiger charge is 2.28. The first kappa shape index (κ1) is 16.5. The lowest BCUT2D eigenvalue weighted by atomic mass is 10.1. The maximum atomic E-state index is 14.5. The molecule has 0 aliphatic carbocycles. The molecule has 2 heterocycles. The minimum atomic E-state index is -0.495. The summed E-state index contributed by atoms with van der Waals surface area (Å²) in [6, 6.07) is 4.47. The van der Waals surface area contributed by atoms with E-state index in [1.54, 1.807) is 16.8 Å². The molecule has 0 bridgehead atoms. The van der Waals surface area contributed by atoms with E-state index in [0.29, 0.717) is 17.9 Å². The highest BCUT2D eigenvalue weighted by atomic mass is 19.1. The van der Waals surface area contributed by atoms with Crippen LogP contribution in [0.2, 0.25) is 0 Å². The van der Waals surface area contributed by atoms with Crippen LogP contribution >= 0.6 is 0 Å². The van der Waals surface area contributed by atoms with E-state index in [0.717, 1.165) is 6.42 Å². The molecular formula is C16H20FN5O2. The van der Waals surface area contributed by atoms with Gasteiger partial charge in [0.1, 0.15) is 11.9 Å². The van der Waals surface area contributed by atoms with Gasteiger partial charge in [0.2, 0.25) is 0 Å². The van der Waals surface area contributed by atoms with Crippen molar-refractivity contribution in [2.45, 2.75) is 51.9 Å². The number of hydrogen-bond acceptors (Lipinski definition) is 5. The lowest BCUT2D eigenvalue weighted by Gasteiger charge is -2.13. The van der Waals surface area contributed by atoms with Crippen LogP contribution in [0.3, 0.4) is 0 Å². The van der Waals surface area contributed by atoms with Crippen molar-refractivity contribution in [3.8, 4) is 11.4 Å². The van der Waals surface area contributed by atoms with Gasteiger partial charge in [0.25, 0.3) is 5.91 Å². The number of ether oxygens (including phenoxy) is 1. The summed E-state index contributed by atoms with van der Waals surface area (Å²) in [6.45, 7) is 5.75. The van der Waals surface area contributed by atoms with Crippen molar-refractivity contribution >= 4 is 11.6 Å². The summed E-state index contributed by atoms with van der Waals surface area (Å²) in [6.07, 6.45) is 1.13. The number of tetrazole rings is 1. The van der Waals surface area contributed by atoms with E-state index in [9.17, 15) is 9.18 Å². The van der Waals surface area contributed by atoms with Gasteiger partial charge in [0.15, 0.2) is 5.82 Å². The van der Waals surface area contributed by atoms with E-state index < -0.39 is 11.9 Å². The normalized spacial score (nSPS) is 20.5. The van der Waals surface area contributed by atoms with Gasteiger partial charge < -0.3 is 10.1 Å². The highest BCUT2D eigenvalue weighted by molar-refractivity contribution is 5.94. The van der Waals surface area contributed by atoms with Crippen molar-refractivity contribution in [3.05, 3.63) is 24.0 Å². The second-order valence-electron chi connectivity index (χ2n) is 6.24. The monoisotopic (exact) mass is 333 g/mol. The van der Waals surface area contributed by atoms with E-state index in [2.05, 4.69) is 20.8 Å². The molecule has 0 spiro atoms. The summed E-state index contributed by atoms with van der Waals surface area (Å²) in [4.78, 5) is 12.1. The van der Waals surface area contributed by atoms with Gasteiger partial charge >= 0.3 is 0 Å². The van der Waals surface area contributed by atoms with Crippen molar-refractivity contribution in [1.82, 2.24) is 20.2 Å². The van der Waals surface area contributed by atoms with Crippen molar-refractivity contribution in [3.63, 3.8) is 0 Å². The molecule has 1 N–H and O–H groups in total. The van der Waals surface area contributed by atoms with Gasteiger partial charge in [0, 0.05) is 5.69 Å². The molecule has 2 aromatic rings. The number of carbonyl (C=O) groups excluding carboxylic acids is 1. The molecule has 1 aliphatic rings. The van der Waals surface area contributed by atoms with Crippen molar-refractivity contribution in [2.75, 3.05) is 5.32 Å². The molecule has 1 aliphatic heterocycles. The molecule has 1 fully saturated rings. The Morgan fingerprint density at radius 2 is 2.21 bits per heavy atom. The quantitative estimate of drug-likeness (QED) is 0.930. The molecule has 0 unspecified atom stereocenters. The summed E-state index contributed by atoms with van der Waals surface area (Å²) in [5.74, 6) is -0.392. The average Bonchev–Trinajstić information content (AvgIpc) is 3.16. The Morgan fingerprint density at radius 1 is 1.42 bits per heavy atom. The first-order valence-electron chi connectivity index (χ1n) is 8.00. The lowest BCUT2D eigenvalue weighted by Crippen LogP contribution is -2.27. The number of carbonyl (C=O) groups is 1. The Morgan fingerprint density at radius 3 is 2.83 bits per heavy atom. The second-order valence-corrected chi connectivity index (χ2v) is 6.24. The van der Waals surface area contributed by atoms with Crippen LogP contribution in [0.1, 0.15) is 39.7 Å². The van der Waals surface area contributed by atoms with Gasteiger partial charge in [0.05, 0.1) is 17.7 Å². The number of anilines is 1. The van der Waals surface area contributed by atoms with E-state index in [1.807, 2.05) is 20.8 Å². The maximum Gasteiger partial charge on any atom is 0.253 e. The number of nitrogens with one attached hydrogen (secondary N) is 1. The molecule has 24 heavy (non-hydrogen) atoms. The van der Waals surface area contributed by atoms with Gasteiger partial charge in [-0.15, -0.1) is 5.10 Å². The van der Waals surface area contributed by atoms with Gasteiger partial charge in [-0.05, 0) is 62.2 Å². The third-order valence-corrected chi connectivity index (χ3v) is 3.98. The van der Waals surface area contributed by atoms with Crippen molar-refractivity contribution < 1.29 is 13.9 Å². The SMILES string of the molecule is CC(C)n1nnnc1-c1ccc(NC(=O)[C@H]2CC[C@@H](C)O2)cc1F. The van der Waals surface area contributed by atoms with Gasteiger partial charge in [-0.2, -0.15) is 0 Å². The van der Waals surface area contributed by atoms with Crippen LogP contribution in [-0.4, -0.2) is 38.3 Å². The summed E-state index contributed by atoms with van der Waals surface area (Å²) in [5, 5.41) is 14.0. The second kappa shape index (κ2) is 6.64. The number of rotatable bonds is 4. The third kappa shape index (κ3) is 3.28. The van der Waals surface area contributed by atoms with E-state index in [1.165, 1.54) is 6.07 Å². The zero-order valence-corrected chi connectivity index (χ0v) is 13.9. The molecule has 1 amide bonds. The van der Waals surface area contributed by atoms with Crippen LogP contribution in [0.4, 0.5) is 10.1 Å². The lowest BCUT2D eigenvalue weighted by molar-refractivity contribution is -0.126. The molecule has 0 radical (unpaired) electrons. The smallest absolute Gasteiger partial charge is 0.253 e. The molecule has 3 rings (SSSR count). The van der Waals surface area contributed by atoms with Crippen LogP contribution < -0.4 is 5.32 Å². The highest BCUT2D eigenvalue weighted by Crippen LogP contribution is 2.26. The fourth-order valence-electron chi connectivity index (χ4n) is 2.71. The van der Waals surface area contributed by atoms with Crippen LogP contribution in [-0.2, 0) is 9.53 Å². The summed E-state index contributed by atoms with van der Waals surface area (Å²) in [5.41, 5.74) is 0.672. The number of benzene rings is 1. The van der Waals surface area contributed by atoms with Crippen LogP contribution in [0.5, 0.6) is 0 Å². The Balaban J connectivity index is 1.77. The molecule has 1 aromatic carbocycles. The standard InChI is InChI=1S/C16H20FN5O2/c1-9(2)22-15(19-20-21-22)12-6-5-11(8-13(12)17)18-16(23)14-7-4-10(3)24-14/h5-6,8-10,14H,4,7H2,1-3H3,(H,18,23)/t10-,14-/m1/s1. The first-order chi connectivity index (χ1) is 11.5. The van der Waals surface area contributed by atoms with Gasteiger partial charge in [-0.1, -0.05) is 0 Å². The first-order valence-corrected chi connectivity index (χ1v) is 8.00. The molecule has 0 saturated carbocycles. The molecule has 128 valence electrons. The molecular weight excluding hydrogens is 313 g/mol. The largest absolute Gasteiger partial charge is 0.365 e. The fraction of sp³-hybridized carbons (Fsp3) is 0.500. The minimum absolute atomic E-state index is 0.00952. The number of nitrogens with zero attached hydrogens (tertiary/aromatic N) is 4. The third-order valence-electron chi connectivity index (χ3n) is 3.98. The summed E-state index contributed by atoms with van der Waals surface area (Å²) < 4.78 is 21.5. The van der Waals surface area contributed by atoms with Crippen LogP contribution in [0, 0.1) is 5.82 Å². The zero-order chi connectivity index (χ0) is 17.3. The fourth-order valence-corrected chi connectivity index (χ4v) is 2.71. The zero-order valence-electron chi connectivity index (χ0n) is 13.9. The molecule has 1 saturated heterocycles. The molecule has 8 heteroatoms. The van der Waals surface area contributed by atoms with Crippen LogP contribution in [0.25, 0.3) is 11.4 Å². The summed E-state index contributed by atoms with van der Waals surface area (Å²) in [7, 11) is 0. The Kier molecular flexibility index (Phi) is 4.57. The van der Waals surface area contributed by atoms with E-state index in [4.69, 9.17) is 4.74 Å². The average molecular weight is 333 g/mol. The van der Waals surface area contributed by atoms with Crippen LogP contribution in [0.15, 0.2) is 18.2 Å². The van der Waals surface area contributed by atoms with Crippen molar-refractivity contribution in [1.29, 1.82) is 0 Å². The number of hydrogen-bond donors (Lipinski definition) is 1. The number of amides is 1. The maximum absolute atomic E-state index is 14.5. The molecule has 2 atom stereocenters. The topological polar surface area (TPSA) is 81.9 Å². The van der Waals surface area contributed by atoms with Crippen molar-refractivity contribution in [2.24, 2.45) is 0 Å².